The van der Waals surface area contributed by atoms with E-state index in [1.165, 1.54) is 5.56 Å². The van der Waals surface area contributed by atoms with Crippen molar-refractivity contribution in [3.05, 3.63) is 35.7 Å². The number of anilines is 1. The average Bonchev–Trinajstić information content (AvgIpc) is 3.05. The Labute approximate surface area is 180 Å². The van der Waals surface area contributed by atoms with E-state index in [2.05, 4.69) is 22.3 Å². The van der Waals surface area contributed by atoms with Gasteiger partial charge < -0.3 is 25.3 Å². The monoisotopic (exact) mass is 559 g/mol. The quantitative estimate of drug-likeness (QED) is 0.483. The van der Waals surface area contributed by atoms with Crippen molar-refractivity contribution in [2.75, 3.05) is 44.6 Å². The molecule has 7 heteroatoms. The molecule has 3 heterocycles. The number of aliphatic hydroxyl groups excluding tert-OH is 2. The number of fused-ring (bicyclic) bond motifs is 2. The molecule has 4 rings (SSSR count). The second-order valence-corrected chi connectivity index (χ2v) is 8.26. The second-order valence-electron chi connectivity index (χ2n) is 8.26. The van der Waals surface area contributed by atoms with E-state index in [0.717, 1.165) is 44.0 Å². The number of benzene rings is 1. The van der Waals surface area contributed by atoms with Gasteiger partial charge in [0.1, 0.15) is 0 Å². The zero-order valence-electron chi connectivity index (χ0n) is 16.4. The molecule has 3 unspecified atom stereocenters. The van der Waals surface area contributed by atoms with Gasteiger partial charge in [0.05, 0.1) is 6.10 Å². The van der Waals surface area contributed by atoms with Gasteiger partial charge in [0.25, 0.3) is 0 Å². The summed E-state index contributed by atoms with van der Waals surface area (Å²) in [6.07, 6.45) is 1.52. The van der Waals surface area contributed by atoms with Gasteiger partial charge in [-0.3, -0.25) is 10.7 Å². The van der Waals surface area contributed by atoms with E-state index in [1.807, 2.05) is 17.0 Å². The molecule has 1 aromatic carbocycles. The predicted molar refractivity (Wildman–Crippen MR) is 104 cm³/mol. The Hall–Kier alpha value is -0.968. The van der Waals surface area contributed by atoms with Crippen molar-refractivity contribution in [3.8, 4) is 0 Å². The molecular weight excluding hydrogens is 528 g/mol. The van der Waals surface area contributed by atoms with Crippen LogP contribution in [0.1, 0.15) is 31.7 Å². The first-order valence-corrected chi connectivity index (χ1v) is 10.0. The number of rotatable bonds is 3. The summed E-state index contributed by atoms with van der Waals surface area (Å²) in [5.41, 5.74) is 2.15. The van der Waals surface area contributed by atoms with Crippen LogP contribution >= 0.6 is 0 Å². The van der Waals surface area contributed by atoms with Crippen LogP contribution in [-0.2, 0) is 30.6 Å². The van der Waals surface area contributed by atoms with Crippen LogP contribution in [-0.4, -0.2) is 77.4 Å². The first kappa shape index (κ1) is 21.7. The Morgan fingerprint density at radius 1 is 1.32 bits per heavy atom. The largest absolute Gasteiger partial charge is 0.424 e. The topological polar surface area (TPSA) is 76.0 Å². The molecule has 1 spiro atoms. The fourth-order valence-corrected chi connectivity index (χ4v) is 4.96. The normalized spacial score (nSPS) is 29.1. The Morgan fingerprint density at radius 2 is 2.04 bits per heavy atom. The first-order chi connectivity index (χ1) is 13.0. The summed E-state index contributed by atoms with van der Waals surface area (Å²) in [4.78, 5) is 15.5. The maximum Gasteiger partial charge on any atom is 0.219 e. The number of carbonyl (C=O) groups excluding carboxylic acids is 1. The second kappa shape index (κ2) is 8.81. The van der Waals surface area contributed by atoms with Crippen LogP contribution in [0.15, 0.2) is 24.3 Å². The summed E-state index contributed by atoms with van der Waals surface area (Å²) in [6, 6.07) is 8.27. The van der Waals surface area contributed by atoms with E-state index >= 15 is 0 Å². The minimum atomic E-state index is -0.477. The Bertz CT molecular complexity index is 695. The van der Waals surface area contributed by atoms with Gasteiger partial charge in [-0.1, -0.05) is 24.3 Å². The third kappa shape index (κ3) is 4.01. The fourth-order valence-electron chi connectivity index (χ4n) is 4.96. The third-order valence-electron chi connectivity index (χ3n) is 6.75. The molecule has 1 aromatic rings. The first-order valence-electron chi connectivity index (χ1n) is 10.0. The zero-order valence-corrected chi connectivity index (χ0v) is 19.1. The Balaban J connectivity index is 0.00000225. The van der Waals surface area contributed by atoms with E-state index in [4.69, 9.17) is 0 Å². The Kier molecular flexibility index (Phi) is 6.84. The SMILES string of the molecule is CC(=O)N1CC[C-](C(O)CN2CCC3(CNc4ccccc43)C(O)C2)CC1.[Re]. The molecule has 3 aliphatic rings. The van der Waals surface area contributed by atoms with Gasteiger partial charge >= 0.3 is 0 Å². The molecule has 3 aliphatic heterocycles. The number of carbonyl (C=O) groups is 1. The van der Waals surface area contributed by atoms with Crippen molar-refractivity contribution in [1.82, 2.24) is 9.80 Å². The van der Waals surface area contributed by atoms with Gasteiger partial charge in [0.2, 0.25) is 5.91 Å². The van der Waals surface area contributed by atoms with Crippen LogP contribution in [0.5, 0.6) is 0 Å². The van der Waals surface area contributed by atoms with Crippen LogP contribution in [0.25, 0.3) is 0 Å². The summed E-state index contributed by atoms with van der Waals surface area (Å²) in [5, 5.41) is 25.1. The molecule has 0 saturated carbocycles. The van der Waals surface area contributed by atoms with Crippen LogP contribution in [0.2, 0.25) is 0 Å². The number of nitrogens with zero attached hydrogens (tertiary/aromatic N) is 2. The molecule has 2 fully saturated rings. The number of β-amino-alcohol motifs (C(OH)–C–C–N with tert-alkyl or cyclic N) is 2. The van der Waals surface area contributed by atoms with Crippen LogP contribution < -0.4 is 5.32 Å². The molecule has 2 saturated heterocycles. The summed E-state index contributed by atoms with van der Waals surface area (Å²) < 4.78 is 0. The van der Waals surface area contributed by atoms with Crippen LogP contribution in [0, 0.1) is 5.92 Å². The van der Waals surface area contributed by atoms with E-state index in [1.54, 1.807) is 6.92 Å². The molecule has 0 bridgehead atoms. The number of aliphatic hydroxyl groups is 2. The number of para-hydroxylation sites is 1. The van der Waals surface area contributed by atoms with Crippen molar-refractivity contribution in [1.29, 1.82) is 0 Å². The molecule has 155 valence electrons. The summed E-state index contributed by atoms with van der Waals surface area (Å²) in [5.74, 6) is 1.24. The minimum Gasteiger partial charge on any atom is -0.424 e. The molecule has 3 N–H and O–H groups in total. The third-order valence-corrected chi connectivity index (χ3v) is 6.75. The van der Waals surface area contributed by atoms with Crippen molar-refractivity contribution in [2.24, 2.45) is 0 Å². The van der Waals surface area contributed by atoms with Gasteiger partial charge in [0, 0.05) is 51.5 Å². The fraction of sp³-hybridized carbons (Fsp3) is 0.619. The van der Waals surface area contributed by atoms with Crippen molar-refractivity contribution < 1.29 is 35.4 Å². The minimum absolute atomic E-state index is 0. The molecule has 6 nitrogen and oxygen atoms in total. The number of hydrogen-bond donors (Lipinski definition) is 3. The average molecular weight is 559 g/mol. The molecule has 1 amide bonds. The maximum absolute atomic E-state index is 11.5. The van der Waals surface area contributed by atoms with Gasteiger partial charge in [-0.2, -0.15) is 12.8 Å². The van der Waals surface area contributed by atoms with Crippen molar-refractivity contribution in [2.45, 2.75) is 43.8 Å². The molecule has 0 aliphatic carbocycles. The van der Waals surface area contributed by atoms with E-state index in [9.17, 15) is 15.0 Å². The smallest absolute Gasteiger partial charge is 0.219 e. The van der Waals surface area contributed by atoms with Crippen molar-refractivity contribution in [3.63, 3.8) is 0 Å². The van der Waals surface area contributed by atoms with Gasteiger partial charge in [-0.15, -0.1) is 0 Å². The predicted octanol–water partition coefficient (Wildman–Crippen LogP) is 0.992. The van der Waals surface area contributed by atoms with Crippen LogP contribution in [0.4, 0.5) is 5.69 Å². The molecule has 0 aromatic heterocycles. The van der Waals surface area contributed by atoms with Crippen LogP contribution in [0.3, 0.4) is 0 Å². The number of hydrogen-bond acceptors (Lipinski definition) is 5. The van der Waals surface area contributed by atoms with Crippen molar-refractivity contribution >= 4 is 11.6 Å². The van der Waals surface area contributed by atoms with E-state index in [0.29, 0.717) is 26.2 Å². The zero-order chi connectivity index (χ0) is 19.0. The molecule has 1 radical (unpaired) electrons. The van der Waals surface area contributed by atoms with Gasteiger partial charge in [0.15, 0.2) is 0 Å². The standard InChI is InChI=1S/C21H30N3O3.Re/c1-15(25)24-9-6-16(7-10-24)19(26)12-23-11-8-21(20(27)13-23)14-22-18-5-3-2-4-17(18)21;/h2-5,19-20,22,26-27H,6-14H2,1H3;/q-1;. The van der Waals surface area contributed by atoms with Gasteiger partial charge in [-0.05, 0) is 44.2 Å². The summed E-state index contributed by atoms with van der Waals surface area (Å²) in [7, 11) is 0. The summed E-state index contributed by atoms with van der Waals surface area (Å²) in [6.45, 7) is 5.81. The van der Waals surface area contributed by atoms with E-state index < -0.39 is 12.2 Å². The molecule has 28 heavy (non-hydrogen) atoms. The van der Waals surface area contributed by atoms with Gasteiger partial charge in [-0.25, -0.2) is 0 Å². The Morgan fingerprint density at radius 3 is 2.71 bits per heavy atom. The summed E-state index contributed by atoms with van der Waals surface area (Å²) >= 11 is 0. The van der Waals surface area contributed by atoms with E-state index in [-0.39, 0.29) is 31.7 Å². The molecule has 3 atom stereocenters. The number of likely N-dealkylation sites (tertiary alicyclic amines) is 2. The number of nitrogens with one attached hydrogen (secondary N) is 1. The number of piperidine rings is 2. The maximum atomic E-state index is 11.5. The number of amides is 1. The molecular formula is C21H30N3O3Re-.